The second kappa shape index (κ2) is 7.09. The fourth-order valence-corrected chi connectivity index (χ4v) is 3.25. The minimum absolute atomic E-state index is 0.183. The molecule has 2 aromatic rings. The van der Waals surface area contributed by atoms with Crippen LogP contribution in [-0.4, -0.2) is 45.1 Å². The minimum Gasteiger partial charge on any atom is -0.478 e. The Bertz CT molecular complexity index is 730. The predicted molar refractivity (Wildman–Crippen MR) is 92.9 cm³/mol. The summed E-state index contributed by atoms with van der Waals surface area (Å²) in [5.74, 6) is -0.334. The number of carboxylic acid groups (broad SMARTS) is 1. The normalized spacial score (nSPS) is 18.2. The van der Waals surface area contributed by atoms with E-state index in [-0.39, 0.29) is 5.56 Å². The molecule has 3 rings (SSSR count). The van der Waals surface area contributed by atoms with Gasteiger partial charge in [0.25, 0.3) is 0 Å². The maximum absolute atomic E-state index is 11.1. The van der Waals surface area contributed by atoms with Gasteiger partial charge < -0.3 is 10.0 Å². The summed E-state index contributed by atoms with van der Waals surface area (Å²) in [6.45, 7) is 6.76. The zero-order valence-electron chi connectivity index (χ0n) is 14.1. The SMILES string of the molecule is CC(C)N1CCC(Cc2cccc(-c3cncc(C(=O)O)c3)n2)C1. The van der Waals surface area contributed by atoms with Crippen LogP contribution < -0.4 is 0 Å². The zero-order valence-corrected chi connectivity index (χ0v) is 14.1. The highest BCUT2D eigenvalue weighted by Crippen LogP contribution is 2.23. The van der Waals surface area contributed by atoms with Crippen LogP contribution in [0.4, 0.5) is 0 Å². The third-order valence-corrected chi connectivity index (χ3v) is 4.63. The maximum Gasteiger partial charge on any atom is 0.337 e. The number of aromatic carboxylic acids is 1. The molecular formula is C19H23N3O2. The summed E-state index contributed by atoms with van der Waals surface area (Å²) in [7, 11) is 0. The Balaban J connectivity index is 1.75. The first-order valence-electron chi connectivity index (χ1n) is 8.41. The van der Waals surface area contributed by atoms with Crippen molar-refractivity contribution < 1.29 is 9.90 Å². The summed E-state index contributed by atoms with van der Waals surface area (Å²) < 4.78 is 0. The van der Waals surface area contributed by atoms with Gasteiger partial charge in [-0.3, -0.25) is 9.97 Å². The quantitative estimate of drug-likeness (QED) is 0.915. The first kappa shape index (κ1) is 16.6. The van der Waals surface area contributed by atoms with Crippen molar-refractivity contribution in [2.45, 2.75) is 32.7 Å². The number of hydrogen-bond donors (Lipinski definition) is 1. The van der Waals surface area contributed by atoms with Gasteiger partial charge in [-0.15, -0.1) is 0 Å². The monoisotopic (exact) mass is 325 g/mol. The molecule has 1 atom stereocenters. The van der Waals surface area contributed by atoms with Gasteiger partial charge in [0.05, 0.1) is 11.3 Å². The van der Waals surface area contributed by atoms with Crippen LogP contribution in [0.5, 0.6) is 0 Å². The van der Waals surface area contributed by atoms with E-state index >= 15 is 0 Å². The molecule has 1 unspecified atom stereocenters. The Morgan fingerprint density at radius 1 is 1.38 bits per heavy atom. The molecule has 0 aromatic carbocycles. The maximum atomic E-state index is 11.1. The highest BCUT2D eigenvalue weighted by atomic mass is 16.4. The zero-order chi connectivity index (χ0) is 17.1. The van der Waals surface area contributed by atoms with Crippen molar-refractivity contribution in [2.24, 2.45) is 5.92 Å². The van der Waals surface area contributed by atoms with E-state index in [2.05, 4.69) is 29.8 Å². The van der Waals surface area contributed by atoms with Crippen molar-refractivity contribution in [3.63, 3.8) is 0 Å². The molecule has 0 bridgehead atoms. The molecule has 5 nitrogen and oxygen atoms in total. The average Bonchev–Trinajstić information content (AvgIpc) is 3.04. The van der Waals surface area contributed by atoms with Gasteiger partial charge >= 0.3 is 5.97 Å². The summed E-state index contributed by atoms with van der Waals surface area (Å²) in [6.07, 6.45) is 5.19. The third-order valence-electron chi connectivity index (χ3n) is 4.63. The van der Waals surface area contributed by atoms with Crippen molar-refractivity contribution >= 4 is 5.97 Å². The molecule has 0 amide bonds. The molecule has 1 saturated heterocycles. The van der Waals surface area contributed by atoms with Crippen LogP contribution in [0.2, 0.25) is 0 Å². The van der Waals surface area contributed by atoms with E-state index in [1.807, 2.05) is 12.1 Å². The molecule has 126 valence electrons. The van der Waals surface area contributed by atoms with Crippen molar-refractivity contribution in [1.29, 1.82) is 0 Å². The topological polar surface area (TPSA) is 66.3 Å². The molecule has 1 fully saturated rings. The predicted octanol–water partition coefficient (Wildman–Crippen LogP) is 3.11. The highest BCUT2D eigenvalue weighted by molar-refractivity contribution is 5.88. The first-order valence-corrected chi connectivity index (χ1v) is 8.41. The smallest absolute Gasteiger partial charge is 0.337 e. The lowest BCUT2D eigenvalue weighted by atomic mass is 10.0. The van der Waals surface area contributed by atoms with Crippen LogP contribution in [0.25, 0.3) is 11.3 Å². The van der Waals surface area contributed by atoms with E-state index in [1.54, 1.807) is 12.3 Å². The van der Waals surface area contributed by atoms with Gasteiger partial charge in [0, 0.05) is 36.2 Å². The van der Waals surface area contributed by atoms with Gasteiger partial charge in [0.1, 0.15) is 0 Å². The molecule has 0 aliphatic carbocycles. The second-order valence-corrected chi connectivity index (χ2v) is 6.73. The van der Waals surface area contributed by atoms with Gasteiger partial charge in [0.15, 0.2) is 0 Å². The van der Waals surface area contributed by atoms with Crippen molar-refractivity contribution in [2.75, 3.05) is 13.1 Å². The van der Waals surface area contributed by atoms with Gasteiger partial charge in [-0.25, -0.2) is 4.79 Å². The van der Waals surface area contributed by atoms with Gasteiger partial charge in [-0.2, -0.15) is 0 Å². The molecule has 1 N–H and O–H groups in total. The van der Waals surface area contributed by atoms with Gasteiger partial charge in [-0.1, -0.05) is 6.07 Å². The van der Waals surface area contributed by atoms with Crippen LogP contribution in [-0.2, 0) is 6.42 Å². The number of rotatable bonds is 5. The average molecular weight is 325 g/mol. The molecule has 1 aliphatic heterocycles. The summed E-state index contributed by atoms with van der Waals surface area (Å²) in [5.41, 5.74) is 2.76. The van der Waals surface area contributed by atoms with E-state index in [0.29, 0.717) is 12.0 Å². The Morgan fingerprint density at radius 2 is 2.21 bits per heavy atom. The van der Waals surface area contributed by atoms with Crippen LogP contribution >= 0.6 is 0 Å². The van der Waals surface area contributed by atoms with Crippen LogP contribution in [0.15, 0.2) is 36.7 Å². The number of hydrogen-bond acceptors (Lipinski definition) is 4. The fraction of sp³-hybridized carbons (Fsp3) is 0.421. The van der Waals surface area contributed by atoms with Crippen molar-refractivity contribution in [3.05, 3.63) is 47.9 Å². The molecule has 0 saturated carbocycles. The molecular weight excluding hydrogens is 302 g/mol. The Morgan fingerprint density at radius 3 is 2.92 bits per heavy atom. The number of nitrogens with zero attached hydrogens (tertiary/aromatic N) is 3. The molecule has 5 heteroatoms. The minimum atomic E-state index is -0.972. The van der Waals surface area contributed by atoms with E-state index in [9.17, 15) is 4.79 Å². The highest BCUT2D eigenvalue weighted by Gasteiger charge is 2.24. The summed E-state index contributed by atoms with van der Waals surface area (Å²) in [4.78, 5) is 22.4. The molecule has 0 radical (unpaired) electrons. The standard InChI is InChI=1S/C19H23N3O2/c1-13(2)22-7-6-14(12-22)8-17-4-3-5-18(21-17)15-9-16(19(23)24)11-20-10-15/h3-5,9-11,13-14H,6-8,12H2,1-2H3,(H,23,24). The van der Waals surface area contributed by atoms with E-state index in [0.717, 1.165) is 36.5 Å². The van der Waals surface area contributed by atoms with E-state index < -0.39 is 5.97 Å². The molecule has 3 heterocycles. The Kier molecular flexibility index (Phi) is 4.90. The number of pyridine rings is 2. The Hall–Kier alpha value is -2.27. The molecule has 0 spiro atoms. The molecule has 2 aromatic heterocycles. The summed E-state index contributed by atoms with van der Waals surface area (Å²) in [6, 6.07) is 8.16. The lowest BCUT2D eigenvalue weighted by Crippen LogP contribution is -2.28. The van der Waals surface area contributed by atoms with Crippen LogP contribution in [0.1, 0.15) is 36.3 Å². The lowest BCUT2D eigenvalue weighted by Gasteiger charge is -2.20. The first-order chi connectivity index (χ1) is 11.5. The summed E-state index contributed by atoms with van der Waals surface area (Å²) >= 11 is 0. The van der Waals surface area contributed by atoms with Gasteiger partial charge in [0.2, 0.25) is 0 Å². The number of carboxylic acids is 1. The fourth-order valence-electron chi connectivity index (χ4n) is 3.25. The van der Waals surface area contributed by atoms with Gasteiger partial charge in [-0.05, 0) is 57.4 Å². The van der Waals surface area contributed by atoms with Crippen molar-refractivity contribution in [1.82, 2.24) is 14.9 Å². The number of likely N-dealkylation sites (tertiary alicyclic amines) is 1. The molecule has 1 aliphatic rings. The second-order valence-electron chi connectivity index (χ2n) is 6.73. The third kappa shape index (κ3) is 3.79. The van der Waals surface area contributed by atoms with Crippen LogP contribution in [0.3, 0.4) is 0 Å². The number of carbonyl (C=O) groups is 1. The van der Waals surface area contributed by atoms with Crippen LogP contribution in [0, 0.1) is 5.92 Å². The number of aromatic nitrogens is 2. The summed E-state index contributed by atoms with van der Waals surface area (Å²) in [5, 5.41) is 9.11. The lowest BCUT2D eigenvalue weighted by molar-refractivity contribution is 0.0696. The largest absolute Gasteiger partial charge is 0.478 e. The Labute approximate surface area is 142 Å². The van der Waals surface area contributed by atoms with E-state index in [4.69, 9.17) is 10.1 Å². The molecule has 24 heavy (non-hydrogen) atoms. The van der Waals surface area contributed by atoms with E-state index in [1.165, 1.54) is 12.6 Å². The van der Waals surface area contributed by atoms with Crippen molar-refractivity contribution in [3.8, 4) is 11.3 Å².